The lowest BCUT2D eigenvalue weighted by atomic mass is 10.1. The lowest BCUT2D eigenvalue weighted by Crippen LogP contribution is -1.98. The Kier molecular flexibility index (Phi) is 3.99. The molecule has 0 amide bonds. The molecule has 0 radical (unpaired) electrons. The average Bonchev–Trinajstić information content (AvgIpc) is 2.56. The Hall–Kier alpha value is -3.22. The molecular formula is C17H13FN2O4. The first kappa shape index (κ1) is 15.7. The fraction of sp³-hybridized carbons (Fsp3) is 0.118. The second-order valence-corrected chi connectivity index (χ2v) is 5.09. The molecule has 0 fully saturated rings. The first-order valence-electron chi connectivity index (χ1n) is 7.05. The van der Waals surface area contributed by atoms with Gasteiger partial charge in [0.1, 0.15) is 11.6 Å². The van der Waals surface area contributed by atoms with Gasteiger partial charge in [-0.25, -0.2) is 9.37 Å². The summed E-state index contributed by atoms with van der Waals surface area (Å²) in [6.07, 6.45) is 0. The van der Waals surface area contributed by atoms with E-state index >= 15 is 0 Å². The molecule has 0 bridgehead atoms. The second-order valence-electron chi connectivity index (χ2n) is 5.09. The van der Waals surface area contributed by atoms with Crippen LogP contribution in [-0.2, 0) is 0 Å². The number of nitro benzene ring substituents is 1. The van der Waals surface area contributed by atoms with Crippen LogP contribution in [0.2, 0.25) is 0 Å². The Bertz CT molecular complexity index is 926. The minimum atomic E-state index is -0.515. The van der Waals surface area contributed by atoms with Gasteiger partial charge in [0.15, 0.2) is 17.0 Å². The van der Waals surface area contributed by atoms with Gasteiger partial charge in [-0.3, -0.25) is 10.1 Å². The van der Waals surface area contributed by atoms with E-state index in [1.165, 1.54) is 37.4 Å². The van der Waals surface area contributed by atoms with Crippen LogP contribution in [0.4, 0.5) is 10.1 Å². The molecule has 0 aliphatic heterocycles. The van der Waals surface area contributed by atoms with Gasteiger partial charge in [0.05, 0.1) is 23.5 Å². The number of hydrogen-bond acceptors (Lipinski definition) is 5. The van der Waals surface area contributed by atoms with Crippen LogP contribution in [0.1, 0.15) is 5.69 Å². The predicted molar refractivity (Wildman–Crippen MR) is 86.2 cm³/mol. The number of benzene rings is 2. The van der Waals surface area contributed by atoms with E-state index in [-0.39, 0.29) is 28.5 Å². The lowest BCUT2D eigenvalue weighted by Gasteiger charge is -2.13. The number of ether oxygens (including phenoxy) is 2. The largest absolute Gasteiger partial charge is 0.493 e. The van der Waals surface area contributed by atoms with Gasteiger partial charge in [-0.15, -0.1) is 0 Å². The summed E-state index contributed by atoms with van der Waals surface area (Å²) in [5, 5.41) is 11.8. The van der Waals surface area contributed by atoms with Gasteiger partial charge in [-0.05, 0) is 43.3 Å². The molecule has 0 saturated carbocycles. The maximum atomic E-state index is 13.0. The zero-order valence-corrected chi connectivity index (χ0v) is 12.9. The van der Waals surface area contributed by atoms with Crippen molar-refractivity contribution in [2.75, 3.05) is 7.11 Å². The quantitative estimate of drug-likeness (QED) is 0.524. The van der Waals surface area contributed by atoms with Crippen LogP contribution in [0, 0.1) is 22.9 Å². The minimum Gasteiger partial charge on any atom is -0.493 e. The van der Waals surface area contributed by atoms with Gasteiger partial charge in [0, 0.05) is 5.69 Å². The zero-order chi connectivity index (χ0) is 17.3. The number of aryl methyl sites for hydroxylation is 1. The highest BCUT2D eigenvalue weighted by Gasteiger charge is 2.22. The molecule has 3 aromatic rings. The molecule has 0 aliphatic carbocycles. The van der Waals surface area contributed by atoms with E-state index in [9.17, 15) is 14.5 Å². The van der Waals surface area contributed by atoms with Gasteiger partial charge >= 0.3 is 0 Å². The highest BCUT2D eigenvalue weighted by atomic mass is 19.1. The molecule has 1 heterocycles. The molecule has 0 N–H and O–H groups in total. The third kappa shape index (κ3) is 2.83. The van der Waals surface area contributed by atoms with E-state index in [0.717, 1.165) is 0 Å². The van der Waals surface area contributed by atoms with Crippen LogP contribution < -0.4 is 9.47 Å². The molecule has 122 valence electrons. The lowest BCUT2D eigenvalue weighted by molar-refractivity contribution is -0.383. The molecule has 0 unspecified atom stereocenters. The average molecular weight is 328 g/mol. The molecule has 2 aromatic carbocycles. The van der Waals surface area contributed by atoms with Gasteiger partial charge < -0.3 is 9.47 Å². The molecule has 6 nitrogen and oxygen atoms in total. The SMILES string of the molecule is COc1cc([N+](=O)[O-])c2nc(C)ccc2c1Oc1ccc(F)cc1. The Morgan fingerprint density at radius 1 is 1.17 bits per heavy atom. The van der Waals surface area contributed by atoms with Crippen molar-refractivity contribution in [2.24, 2.45) is 0 Å². The van der Waals surface area contributed by atoms with Gasteiger partial charge in [-0.2, -0.15) is 0 Å². The van der Waals surface area contributed by atoms with Crippen molar-refractivity contribution in [3.05, 3.63) is 64.1 Å². The maximum absolute atomic E-state index is 13.0. The summed E-state index contributed by atoms with van der Waals surface area (Å²) in [7, 11) is 1.39. The van der Waals surface area contributed by atoms with Crippen LogP contribution >= 0.6 is 0 Å². The first-order valence-corrected chi connectivity index (χ1v) is 7.05. The fourth-order valence-corrected chi connectivity index (χ4v) is 2.34. The van der Waals surface area contributed by atoms with Crippen molar-refractivity contribution in [3.63, 3.8) is 0 Å². The molecule has 24 heavy (non-hydrogen) atoms. The predicted octanol–water partition coefficient (Wildman–Crippen LogP) is 4.39. The summed E-state index contributed by atoms with van der Waals surface area (Å²) in [4.78, 5) is 15.1. The summed E-state index contributed by atoms with van der Waals surface area (Å²) in [5.41, 5.74) is 0.679. The number of hydrogen-bond donors (Lipinski definition) is 0. The third-order valence-corrected chi connectivity index (χ3v) is 3.46. The molecule has 0 spiro atoms. The summed E-state index contributed by atoms with van der Waals surface area (Å²) in [5.74, 6) is 0.479. The first-order chi connectivity index (χ1) is 11.5. The molecule has 7 heteroatoms. The topological polar surface area (TPSA) is 74.5 Å². The Labute approximate surface area is 136 Å². The van der Waals surface area contributed by atoms with Crippen LogP contribution in [-0.4, -0.2) is 17.0 Å². The Balaban J connectivity index is 2.24. The van der Waals surface area contributed by atoms with E-state index < -0.39 is 4.92 Å². The third-order valence-electron chi connectivity index (χ3n) is 3.46. The van der Waals surface area contributed by atoms with E-state index in [1.807, 2.05) is 0 Å². The summed E-state index contributed by atoms with van der Waals surface area (Å²) >= 11 is 0. The molecule has 0 saturated heterocycles. The summed E-state index contributed by atoms with van der Waals surface area (Å²) in [6.45, 7) is 1.74. The summed E-state index contributed by atoms with van der Waals surface area (Å²) < 4.78 is 24.1. The van der Waals surface area contributed by atoms with Crippen LogP contribution in [0.15, 0.2) is 42.5 Å². The summed E-state index contributed by atoms with van der Waals surface area (Å²) in [6, 6.07) is 10.1. The fourth-order valence-electron chi connectivity index (χ4n) is 2.34. The van der Waals surface area contributed by atoms with E-state index in [1.54, 1.807) is 19.1 Å². The smallest absolute Gasteiger partial charge is 0.299 e. The highest BCUT2D eigenvalue weighted by molar-refractivity contribution is 5.95. The Morgan fingerprint density at radius 2 is 1.88 bits per heavy atom. The number of fused-ring (bicyclic) bond motifs is 1. The van der Waals surface area contributed by atoms with Crippen molar-refractivity contribution < 1.29 is 18.8 Å². The van der Waals surface area contributed by atoms with Crippen molar-refractivity contribution in [3.8, 4) is 17.2 Å². The maximum Gasteiger partial charge on any atom is 0.299 e. The van der Waals surface area contributed by atoms with Crippen LogP contribution in [0.5, 0.6) is 17.2 Å². The van der Waals surface area contributed by atoms with Crippen molar-refractivity contribution in [2.45, 2.75) is 6.92 Å². The number of methoxy groups -OCH3 is 1. The number of nitrogens with zero attached hydrogens (tertiary/aromatic N) is 2. The van der Waals surface area contributed by atoms with E-state index in [2.05, 4.69) is 4.98 Å². The molecule has 0 aliphatic rings. The van der Waals surface area contributed by atoms with Gasteiger partial charge in [0.25, 0.3) is 5.69 Å². The van der Waals surface area contributed by atoms with E-state index in [4.69, 9.17) is 9.47 Å². The van der Waals surface area contributed by atoms with E-state index in [0.29, 0.717) is 16.8 Å². The number of halogens is 1. The highest BCUT2D eigenvalue weighted by Crippen LogP contribution is 2.42. The standard InChI is InChI=1S/C17H13FN2O4/c1-10-3-8-13-16(19-10)14(20(21)22)9-15(23-2)17(13)24-12-6-4-11(18)5-7-12/h3-9H,1-2H3. The number of nitro groups is 1. The number of rotatable bonds is 4. The molecule has 1 aromatic heterocycles. The van der Waals surface area contributed by atoms with Gasteiger partial charge in [0.2, 0.25) is 0 Å². The number of pyridine rings is 1. The number of aromatic nitrogens is 1. The molecular weight excluding hydrogens is 315 g/mol. The Morgan fingerprint density at radius 3 is 2.50 bits per heavy atom. The van der Waals surface area contributed by atoms with Crippen LogP contribution in [0.25, 0.3) is 10.9 Å². The number of non-ortho nitro benzene ring substituents is 1. The monoisotopic (exact) mass is 328 g/mol. The normalized spacial score (nSPS) is 10.6. The van der Waals surface area contributed by atoms with Crippen molar-refractivity contribution in [1.29, 1.82) is 0 Å². The minimum absolute atomic E-state index is 0.169. The van der Waals surface area contributed by atoms with Gasteiger partial charge in [-0.1, -0.05) is 0 Å². The molecule has 0 atom stereocenters. The molecule has 3 rings (SSSR count). The van der Waals surface area contributed by atoms with Crippen molar-refractivity contribution >= 4 is 16.6 Å². The van der Waals surface area contributed by atoms with Crippen molar-refractivity contribution in [1.82, 2.24) is 4.98 Å². The second kappa shape index (κ2) is 6.11. The zero-order valence-electron chi connectivity index (χ0n) is 12.9. The van der Waals surface area contributed by atoms with Crippen LogP contribution in [0.3, 0.4) is 0 Å².